The topological polar surface area (TPSA) is 43.4 Å². The van der Waals surface area contributed by atoms with Gasteiger partial charge in [-0.25, -0.2) is 8.42 Å². The number of halogens is 2. The Kier molecular flexibility index (Phi) is 4.24. The molecule has 18 heavy (non-hydrogen) atoms. The van der Waals surface area contributed by atoms with Crippen LogP contribution in [0.2, 0.25) is 0 Å². The fourth-order valence-electron chi connectivity index (χ4n) is 2.20. The van der Waals surface area contributed by atoms with Crippen molar-refractivity contribution in [3.05, 3.63) is 22.2 Å². The SMILES string of the molecule is Cc1cc(Br)cc(S(=O)(=O)Cl)c1OC1CCCC1. The van der Waals surface area contributed by atoms with E-state index < -0.39 is 9.05 Å². The highest BCUT2D eigenvalue weighted by Crippen LogP contribution is 2.36. The summed E-state index contributed by atoms with van der Waals surface area (Å²) in [7, 11) is 1.66. The molecule has 1 aliphatic carbocycles. The van der Waals surface area contributed by atoms with Gasteiger partial charge in [0.1, 0.15) is 10.6 Å². The van der Waals surface area contributed by atoms with Crippen LogP contribution in [0.3, 0.4) is 0 Å². The van der Waals surface area contributed by atoms with Gasteiger partial charge in [0.2, 0.25) is 0 Å². The minimum atomic E-state index is -3.80. The number of rotatable bonds is 3. The Balaban J connectivity index is 2.43. The molecular formula is C12H14BrClO3S. The lowest BCUT2D eigenvalue weighted by Gasteiger charge is -2.17. The van der Waals surface area contributed by atoms with Crippen LogP contribution in [0.15, 0.2) is 21.5 Å². The Labute approximate surface area is 120 Å². The summed E-state index contributed by atoms with van der Waals surface area (Å²) < 4.78 is 29.7. The lowest BCUT2D eigenvalue weighted by atomic mass is 10.2. The minimum absolute atomic E-state index is 0.0444. The fourth-order valence-corrected chi connectivity index (χ4v) is 3.97. The van der Waals surface area contributed by atoms with E-state index in [9.17, 15) is 8.42 Å². The van der Waals surface area contributed by atoms with Crippen LogP contribution >= 0.6 is 26.6 Å². The third-order valence-electron chi connectivity index (χ3n) is 3.05. The van der Waals surface area contributed by atoms with Gasteiger partial charge in [-0.05, 0) is 50.3 Å². The summed E-state index contributed by atoms with van der Waals surface area (Å²) in [6.07, 6.45) is 4.29. The number of hydrogen-bond donors (Lipinski definition) is 0. The van der Waals surface area contributed by atoms with Crippen molar-refractivity contribution in [1.82, 2.24) is 0 Å². The van der Waals surface area contributed by atoms with E-state index >= 15 is 0 Å². The molecule has 1 aromatic rings. The summed E-state index contributed by atoms with van der Waals surface area (Å²) >= 11 is 3.27. The average molecular weight is 354 g/mol. The zero-order valence-corrected chi connectivity index (χ0v) is 13.1. The molecule has 0 saturated heterocycles. The molecule has 3 nitrogen and oxygen atoms in total. The summed E-state index contributed by atoms with van der Waals surface area (Å²) in [4.78, 5) is 0.0444. The Hall–Kier alpha value is -0.260. The first-order chi connectivity index (χ1) is 8.38. The van der Waals surface area contributed by atoms with Crippen LogP contribution in [0.1, 0.15) is 31.2 Å². The van der Waals surface area contributed by atoms with Crippen molar-refractivity contribution in [2.45, 2.75) is 43.6 Å². The summed E-state index contributed by atoms with van der Waals surface area (Å²) in [6, 6.07) is 3.31. The van der Waals surface area contributed by atoms with Crippen molar-refractivity contribution in [3.8, 4) is 5.75 Å². The molecule has 0 aromatic heterocycles. The van der Waals surface area contributed by atoms with E-state index in [1.165, 1.54) is 6.07 Å². The summed E-state index contributed by atoms with van der Waals surface area (Å²) in [5, 5.41) is 0. The summed E-state index contributed by atoms with van der Waals surface area (Å²) in [6.45, 7) is 1.82. The quantitative estimate of drug-likeness (QED) is 0.771. The van der Waals surface area contributed by atoms with Crippen LogP contribution in [0.4, 0.5) is 0 Å². The zero-order chi connectivity index (χ0) is 13.3. The molecule has 0 N–H and O–H groups in total. The molecular weight excluding hydrogens is 340 g/mol. The lowest BCUT2D eigenvalue weighted by Crippen LogP contribution is -2.13. The largest absolute Gasteiger partial charge is 0.489 e. The smallest absolute Gasteiger partial charge is 0.265 e. The number of benzene rings is 1. The van der Waals surface area contributed by atoms with Gasteiger partial charge in [-0.2, -0.15) is 0 Å². The van der Waals surface area contributed by atoms with E-state index in [1.807, 2.05) is 13.0 Å². The van der Waals surface area contributed by atoms with Crippen molar-refractivity contribution in [1.29, 1.82) is 0 Å². The highest BCUT2D eigenvalue weighted by Gasteiger charge is 2.24. The van der Waals surface area contributed by atoms with Crippen LogP contribution in [-0.4, -0.2) is 14.5 Å². The molecule has 1 aliphatic rings. The average Bonchev–Trinajstić information content (AvgIpc) is 2.72. The zero-order valence-electron chi connectivity index (χ0n) is 9.95. The third-order valence-corrected chi connectivity index (χ3v) is 4.84. The normalized spacial score (nSPS) is 17.1. The molecule has 0 unspecified atom stereocenters. The van der Waals surface area contributed by atoms with Gasteiger partial charge < -0.3 is 4.74 Å². The molecule has 0 radical (unpaired) electrons. The van der Waals surface area contributed by atoms with Gasteiger partial charge in [-0.3, -0.25) is 0 Å². The van der Waals surface area contributed by atoms with Crippen LogP contribution in [0.5, 0.6) is 5.75 Å². The van der Waals surface area contributed by atoms with Gasteiger partial charge in [0.05, 0.1) is 6.10 Å². The number of hydrogen-bond acceptors (Lipinski definition) is 3. The molecule has 0 atom stereocenters. The third kappa shape index (κ3) is 3.19. The number of ether oxygens (including phenoxy) is 1. The highest BCUT2D eigenvalue weighted by atomic mass is 79.9. The molecule has 0 heterocycles. The summed E-state index contributed by atoms with van der Waals surface area (Å²) in [5.74, 6) is 0.389. The number of aryl methyl sites for hydroxylation is 1. The van der Waals surface area contributed by atoms with E-state index in [-0.39, 0.29) is 11.0 Å². The van der Waals surface area contributed by atoms with Crippen molar-refractivity contribution >= 4 is 35.7 Å². The monoisotopic (exact) mass is 352 g/mol. The first-order valence-electron chi connectivity index (χ1n) is 5.79. The predicted molar refractivity (Wildman–Crippen MR) is 74.8 cm³/mol. The van der Waals surface area contributed by atoms with E-state index in [1.54, 1.807) is 0 Å². The maximum absolute atomic E-state index is 11.6. The van der Waals surface area contributed by atoms with Crippen molar-refractivity contribution in [3.63, 3.8) is 0 Å². The first-order valence-corrected chi connectivity index (χ1v) is 8.89. The molecule has 2 rings (SSSR count). The molecule has 1 saturated carbocycles. The maximum atomic E-state index is 11.6. The second kappa shape index (κ2) is 5.39. The second-order valence-electron chi connectivity index (χ2n) is 4.51. The predicted octanol–water partition coefficient (Wildman–Crippen LogP) is 4.01. The van der Waals surface area contributed by atoms with Gasteiger partial charge >= 0.3 is 0 Å². The van der Waals surface area contributed by atoms with Crippen LogP contribution in [0.25, 0.3) is 0 Å². The molecule has 0 amide bonds. The highest BCUT2D eigenvalue weighted by molar-refractivity contribution is 9.10. The fraction of sp³-hybridized carbons (Fsp3) is 0.500. The molecule has 0 aliphatic heterocycles. The van der Waals surface area contributed by atoms with Crippen molar-refractivity contribution in [2.24, 2.45) is 0 Å². The molecule has 1 aromatic carbocycles. The molecule has 0 bridgehead atoms. The van der Waals surface area contributed by atoms with Crippen LogP contribution in [-0.2, 0) is 9.05 Å². The van der Waals surface area contributed by atoms with E-state index in [0.29, 0.717) is 10.2 Å². The Morgan fingerprint density at radius 2 is 1.94 bits per heavy atom. The molecule has 6 heteroatoms. The molecule has 0 spiro atoms. The second-order valence-corrected chi connectivity index (χ2v) is 7.96. The van der Waals surface area contributed by atoms with E-state index in [2.05, 4.69) is 15.9 Å². The Morgan fingerprint density at radius 3 is 2.50 bits per heavy atom. The Bertz CT molecular complexity index is 551. The van der Waals surface area contributed by atoms with Gasteiger partial charge in [0.25, 0.3) is 9.05 Å². The van der Waals surface area contributed by atoms with E-state index in [0.717, 1.165) is 31.2 Å². The molecule has 1 fully saturated rings. The minimum Gasteiger partial charge on any atom is -0.489 e. The standard InChI is InChI=1S/C12H14BrClO3S/c1-8-6-9(13)7-11(18(14,15)16)12(8)17-10-4-2-3-5-10/h6-7,10H,2-5H2,1H3. The lowest BCUT2D eigenvalue weighted by molar-refractivity contribution is 0.203. The van der Waals surface area contributed by atoms with Crippen LogP contribution in [0, 0.1) is 6.92 Å². The maximum Gasteiger partial charge on any atom is 0.265 e. The Morgan fingerprint density at radius 1 is 1.33 bits per heavy atom. The van der Waals surface area contributed by atoms with Gasteiger partial charge in [0.15, 0.2) is 0 Å². The van der Waals surface area contributed by atoms with Gasteiger partial charge in [-0.15, -0.1) is 0 Å². The first kappa shape index (κ1) is 14.2. The van der Waals surface area contributed by atoms with Gasteiger partial charge in [-0.1, -0.05) is 15.9 Å². The summed E-state index contributed by atoms with van der Waals surface area (Å²) in [5.41, 5.74) is 0.774. The van der Waals surface area contributed by atoms with Gasteiger partial charge in [0, 0.05) is 15.2 Å². The molecule has 100 valence electrons. The van der Waals surface area contributed by atoms with Crippen LogP contribution < -0.4 is 4.74 Å². The van der Waals surface area contributed by atoms with Crippen molar-refractivity contribution in [2.75, 3.05) is 0 Å². The van der Waals surface area contributed by atoms with E-state index in [4.69, 9.17) is 15.4 Å². The van der Waals surface area contributed by atoms with Crippen molar-refractivity contribution < 1.29 is 13.2 Å².